The fraction of sp³-hybridized carbons (Fsp3) is 0.133. The lowest BCUT2D eigenvalue weighted by molar-refractivity contribution is 0.232. The van der Waals surface area contributed by atoms with Gasteiger partial charge in [0.1, 0.15) is 6.61 Å². The Bertz CT molecular complexity index is 524. The molecule has 0 radical (unpaired) electrons. The largest absolute Gasteiger partial charge is 0.466 e. The summed E-state index contributed by atoms with van der Waals surface area (Å²) in [5.41, 5.74) is 1.40. The second-order valence-corrected chi connectivity index (χ2v) is 4.28. The lowest BCUT2D eigenvalue weighted by Crippen LogP contribution is -2.26. The fourth-order valence-electron chi connectivity index (χ4n) is 2.29. The smallest absolute Gasteiger partial charge is 0.382 e. The molecule has 1 aliphatic heterocycles. The Morgan fingerprint density at radius 3 is 1.78 bits per heavy atom. The van der Waals surface area contributed by atoms with Crippen molar-refractivity contribution in [3.8, 4) is 0 Å². The summed E-state index contributed by atoms with van der Waals surface area (Å²) in [4.78, 5) is 4.31. The van der Waals surface area contributed by atoms with E-state index >= 15 is 0 Å². The van der Waals surface area contributed by atoms with Gasteiger partial charge in [-0.15, -0.1) is 0 Å². The minimum Gasteiger partial charge on any atom is -0.466 e. The van der Waals surface area contributed by atoms with E-state index in [1.807, 2.05) is 60.7 Å². The summed E-state index contributed by atoms with van der Waals surface area (Å²) in [6.45, 7) is 0.326. The van der Waals surface area contributed by atoms with Crippen molar-refractivity contribution < 1.29 is 9.84 Å². The van der Waals surface area contributed by atoms with Gasteiger partial charge < -0.3 is 9.84 Å². The topological polar surface area (TPSA) is 41.8 Å². The van der Waals surface area contributed by atoms with Crippen LogP contribution in [0.25, 0.3) is 0 Å². The molecule has 0 atom stereocenters. The Hall–Kier alpha value is -2.29. The zero-order valence-electron chi connectivity index (χ0n) is 9.78. The van der Waals surface area contributed by atoms with E-state index < -0.39 is 5.54 Å². The van der Waals surface area contributed by atoms with E-state index in [0.717, 1.165) is 11.1 Å². The van der Waals surface area contributed by atoms with Crippen LogP contribution in [0.2, 0.25) is 0 Å². The van der Waals surface area contributed by atoms with Gasteiger partial charge >= 0.3 is 6.08 Å². The summed E-state index contributed by atoms with van der Waals surface area (Å²) in [7, 11) is 0. The predicted octanol–water partition coefficient (Wildman–Crippen LogP) is 2.87. The molecule has 90 valence electrons. The molecule has 1 N–H and O–H groups in total. The minimum atomic E-state index is -0.632. The second kappa shape index (κ2) is 4.18. The Morgan fingerprint density at radius 2 is 1.39 bits per heavy atom. The van der Waals surface area contributed by atoms with Gasteiger partial charge in [-0.05, 0) is 11.1 Å². The van der Waals surface area contributed by atoms with E-state index in [0.29, 0.717) is 6.61 Å². The first-order valence-electron chi connectivity index (χ1n) is 5.84. The highest BCUT2D eigenvalue weighted by atomic mass is 16.6. The van der Waals surface area contributed by atoms with Gasteiger partial charge in [0.2, 0.25) is 0 Å². The van der Waals surface area contributed by atoms with Gasteiger partial charge in [-0.25, -0.2) is 0 Å². The van der Waals surface area contributed by atoms with E-state index in [1.165, 1.54) is 0 Å². The minimum absolute atomic E-state index is 0.247. The van der Waals surface area contributed by atoms with Crippen LogP contribution in [0.4, 0.5) is 0 Å². The maximum Gasteiger partial charge on any atom is 0.382 e. The zero-order chi connectivity index (χ0) is 12.4. The van der Waals surface area contributed by atoms with Crippen LogP contribution in [-0.4, -0.2) is 17.8 Å². The Morgan fingerprint density at radius 1 is 0.889 bits per heavy atom. The first-order valence-corrected chi connectivity index (χ1v) is 5.84. The van der Waals surface area contributed by atoms with Crippen molar-refractivity contribution >= 4 is 6.08 Å². The van der Waals surface area contributed by atoms with E-state index in [9.17, 15) is 5.11 Å². The highest BCUT2D eigenvalue weighted by Gasteiger charge is 2.40. The number of rotatable bonds is 2. The Balaban J connectivity index is 2.18. The van der Waals surface area contributed by atoms with Crippen LogP contribution in [0.1, 0.15) is 11.1 Å². The van der Waals surface area contributed by atoms with E-state index in [4.69, 9.17) is 4.74 Å². The SMILES string of the molecule is OC1=NC(c2ccccc2)(c2ccccc2)CO1. The average molecular weight is 239 g/mol. The normalized spacial score (nSPS) is 17.0. The molecular formula is C15H13NO2. The lowest BCUT2D eigenvalue weighted by atomic mass is 9.84. The molecule has 2 aromatic carbocycles. The first kappa shape index (κ1) is 10.8. The van der Waals surface area contributed by atoms with Gasteiger partial charge in [0.25, 0.3) is 0 Å². The third-order valence-corrected chi connectivity index (χ3v) is 3.20. The van der Waals surface area contributed by atoms with Gasteiger partial charge in [0.05, 0.1) is 0 Å². The number of aliphatic imine (C=N–C) groups is 1. The van der Waals surface area contributed by atoms with Crippen molar-refractivity contribution in [2.45, 2.75) is 5.54 Å². The maximum absolute atomic E-state index is 9.52. The van der Waals surface area contributed by atoms with Crippen LogP contribution in [0.5, 0.6) is 0 Å². The van der Waals surface area contributed by atoms with E-state index in [2.05, 4.69) is 4.99 Å². The monoisotopic (exact) mass is 239 g/mol. The maximum atomic E-state index is 9.52. The van der Waals surface area contributed by atoms with Crippen molar-refractivity contribution in [3.05, 3.63) is 71.8 Å². The van der Waals surface area contributed by atoms with Crippen LogP contribution in [-0.2, 0) is 10.3 Å². The molecule has 1 aliphatic rings. The molecule has 0 aromatic heterocycles. The molecule has 0 unspecified atom stereocenters. The summed E-state index contributed by atoms with van der Waals surface area (Å²) in [6, 6.07) is 19.8. The van der Waals surface area contributed by atoms with E-state index in [1.54, 1.807) is 0 Å². The van der Waals surface area contributed by atoms with E-state index in [-0.39, 0.29) is 6.08 Å². The summed E-state index contributed by atoms with van der Waals surface area (Å²) >= 11 is 0. The van der Waals surface area contributed by atoms with Gasteiger partial charge in [0, 0.05) is 0 Å². The van der Waals surface area contributed by atoms with Gasteiger partial charge in [0.15, 0.2) is 5.54 Å². The fourth-order valence-corrected chi connectivity index (χ4v) is 2.29. The van der Waals surface area contributed by atoms with Crippen LogP contribution in [0.3, 0.4) is 0 Å². The molecule has 3 nitrogen and oxygen atoms in total. The molecule has 0 saturated carbocycles. The first-order chi connectivity index (χ1) is 8.81. The number of hydrogen-bond donors (Lipinski definition) is 1. The number of hydrogen-bond acceptors (Lipinski definition) is 2. The third-order valence-electron chi connectivity index (χ3n) is 3.20. The molecule has 0 aliphatic carbocycles. The van der Waals surface area contributed by atoms with Crippen molar-refractivity contribution in [1.29, 1.82) is 0 Å². The molecular weight excluding hydrogens is 226 g/mol. The summed E-state index contributed by atoms with van der Waals surface area (Å²) < 4.78 is 5.18. The molecule has 0 saturated heterocycles. The van der Waals surface area contributed by atoms with Crippen molar-refractivity contribution in [3.63, 3.8) is 0 Å². The summed E-state index contributed by atoms with van der Waals surface area (Å²) in [5.74, 6) is 0. The molecule has 2 aromatic rings. The third kappa shape index (κ3) is 1.64. The van der Waals surface area contributed by atoms with Crippen molar-refractivity contribution in [2.75, 3.05) is 6.61 Å². The number of ether oxygens (including phenoxy) is 1. The molecule has 3 rings (SSSR count). The van der Waals surface area contributed by atoms with Gasteiger partial charge in [-0.3, -0.25) is 0 Å². The van der Waals surface area contributed by atoms with Crippen LogP contribution in [0.15, 0.2) is 65.7 Å². The zero-order valence-corrected chi connectivity index (χ0v) is 9.78. The number of benzene rings is 2. The van der Waals surface area contributed by atoms with Crippen molar-refractivity contribution in [1.82, 2.24) is 0 Å². The molecule has 3 heteroatoms. The Kier molecular flexibility index (Phi) is 2.52. The number of nitrogens with zero attached hydrogens (tertiary/aromatic N) is 1. The Labute approximate surface area is 105 Å². The van der Waals surface area contributed by atoms with Crippen LogP contribution >= 0.6 is 0 Å². The molecule has 1 heterocycles. The average Bonchev–Trinajstić information content (AvgIpc) is 2.84. The standard InChI is InChI=1S/C15H13NO2/c17-14-16-15(11-18-14,12-7-3-1-4-8-12)13-9-5-2-6-10-13/h1-10H,11H2,(H,16,17). The molecule has 0 spiro atoms. The molecule has 0 amide bonds. The predicted molar refractivity (Wildman–Crippen MR) is 69.7 cm³/mol. The van der Waals surface area contributed by atoms with Crippen molar-refractivity contribution in [2.24, 2.45) is 4.99 Å². The number of aliphatic hydroxyl groups excluding tert-OH is 1. The molecule has 0 fully saturated rings. The van der Waals surface area contributed by atoms with Gasteiger partial charge in [-0.2, -0.15) is 4.99 Å². The lowest BCUT2D eigenvalue weighted by Gasteiger charge is -2.24. The summed E-state index contributed by atoms with van der Waals surface area (Å²) in [5, 5.41) is 9.52. The quantitative estimate of drug-likeness (QED) is 0.875. The number of aliphatic hydroxyl groups is 1. The molecule has 18 heavy (non-hydrogen) atoms. The highest BCUT2D eigenvalue weighted by Crippen LogP contribution is 2.37. The van der Waals surface area contributed by atoms with Crippen LogP contribution < -0.4 is 0 Å². The second-order valence-electron chi connectivity index (χ2n) is 4.28. The highest BCUT2D eigenvalue weighted by molar-refractivity contribution is 5.69. The molecule has 0 bridgehead atoms. The summed E-state index contributed by atoms with van der Waals surface area (Å²) in [6.07, 6.45) is -0.247. The van der Waals surface area contributed by atoms with Gasteiger partial charge in [-0.1, -0.05) is 60.7 Å². The van der Waals surface area contributed by atoms with Crippen LogP contribution in [0, 0.1) is 0 Å².